The van der Waals surface area contributed by atoms with Crippen LogP contribution in [0.15, 0.2) is 48.5 Å². The van der Waals surface area contributed by atoms with E-state index in [4.69, 9.17) is 0 Å². The van der Waals surface area contributed by atoms with Crippen LogP contribution in [0.25, 0.3) is 16.7 Å². The van der Waals surface area contributed by atoms with Crippen LogP contribution in [0.5, 0.6) is 0 Å². The van der Waals surface area contributed by atoms with Crippen molar-refractivity contribution in [3.05, 3.63) is 54.1 Å². The van der Waals surface area contributed by atoms with Gasteiger partial charge in [0.25, 0.3) is 5.91 Å². The molecule has 9 heteroatoms. The minimum absolute atomic E-state index is 0.0173. The Hall–Kier alpha value is -3.59. The Morgan fingerprint density at radius 2 is 1.77 bits per heavy atom. The Labute approximate surface area is 179 Å². The minimum Gasteiger partial charge on any atom is -0.393 e. The van der Waals surface area contributed by atoms with Crippen LogP contribution in [0.1, 0.15) is 37.0 Å². The van der Waals surface area contributed by atoms with E-state index in [1.807, 2.05) is 50.2 Å². The lowest BCUT2D eigenvalue weighted by Crippen LogP contribution is -2.40. The minimum atomic E-state index is -0.302. The molecule has 31 heavy (non-hydrogen) atoms. The summed E-state index contributed by atoms with van der Waals surface area (Å²) >= 11 is 0. The highest BCUT2D eigenvalue weighted by molar-refractivity contribution is 5.94. The summed E-state index contributed by atoms with van der Waals surface area (Å²) in [5.74, 6) is 0.522. The molecule has 0 spiro atoms. The summed E-state index contributed by atoms with van der Waals surface area (Å²) in [7, 11) is 0. The van der Waals surface area contributed by atoms with Crippen LogP contribution >= 0.6 is 0 Å². The lowest BCUT2D eigenvalue weighted by molar-refractivity contribution is 0.0546. The fourth-order valence-electron chi connectivity index (χ4n) is 3.57. The first-order chi connectivity index (χ1) is 15.2. The number of aliphatic hydroxyl groups is 1. The van der Waals surface area contributed by atoms with E-state index in [0.717, 1.165) is 16.7 Å². The maximum atomic E-state index is 12.6. The van der Waals surface area contributed by atoms with Gasteiger partial charge in [0.1, 0.15) is 0 Å². The van der Waals surface area contributed by atoms with Gasteiger partial charge in [0.05, 0.1) is 17.1 Å². The first kappa shape index (κ1) is 20.7. The van der Waals surface area contributed by atoms with Crippen LogP contribution in [0.2, 0.25) is 0 Å². The van der Waals surface area contributed by atoms with Gasteiger partial charge in [0, 0.05) is 24.3 Å². The van der Waals surface area contributed by atoms with Gasteiger partial charge < -0.3 is 15.3 Å². The topological polar surface area (TPSA) is 109 Å². The highest BCUT2D eigenvalue weighted by Crippen LogP contribution is 2.23. The van der Waals surface area contributed by atoms with Crippen molar-refractivity contribution in [3.63, 3.8) is 0 Å². The third-order valence-electron chi connectivity index (χ3n) is 5.17. The molecule has 0 aliphatic carbocycles. The number of nitrogens with one attached hydrogen (secondary N) is 1. The molecule has 4 aromatic rings. The van der Waals surface area contributed by atoms with E-state index in [1.165, 1.54) is 0 Å². The number of aromatic nitrogens is 5. The normalized spacial score (nSPS) is 14.4. The Kier molecular flexibility index (Phi) is 6.03. The summed E-state index contributed by atoms with van der Waals surface area (Å²) < 4.78 is 1.65. The third kappa shape index (κ3) is 4.17. The van der Waals surface area contributed by atoms with Crippen molar-refractivity contribution in [2.75, 3.05) is 18.4 Å². The number of nitrogens with zero attached hydrogens (tertiary/aromatic N) is 6. The second-order valence-electron chi connectivity index (χ2n) is 7.09. The Balaban J connectivity index is 0.00000112. The molecule has 0 unspecified atom stereocenters. The van der Waals surface area contributed by atoms with Crippen molar-refractivity contribution in [1.29, 1.82) is 0 Å². The lowest BCUT2D eigenvalue weighted by Gasteiger charge is -2.29. The molecule has 5 rings (SSSR count). The van der Waals surface area contributed by atoms with Crippen LogP contribution in [0.4, 0.5) is 11.5 Å². The summed E-state index contributed by atoms with van der Waals surface area (Å²) in [6, 6.07) is 14.9. The molecule has 1 aliphatic rings. The zero-order valence-corrected chi connectivity index (χ0v) is 17.6. The van der Waals surface area contributed by atoms with Gasteiger partial charge in [-0.15, -0.1) is 5.10 Å². The van der Waals surface area contributed by atoms with Crippen molar-refractivity contribution in [2.45, 2.75) is 32.8 Å². The molecule has 1 aliphatic heterocycles. The zero-order valence-electron chi connectivity index (χ0n) is 17.6. The summed E-state index contributed by atoms with van der Waals surface area (Å²) in [5, 5.41) is 24.7. The van der Waals surface area contributed by atoms with Gasteiger partial charge in [-0.25, -0.2) is 4.98 Å². The number of hydrogen-bond acceptors (Lipinski definition) is 7. The van der Waals surface area contributed by atoms with Crippen LogP contribution in [0.3, 0.4) is 0 Å². The largest absolute Gasteiger partial charge is 0.393 e. The molecular weight excluding hydrogens is 394 g/mol. The number of likely N-dealkylation sites (tertiary alicyclic amines) is 1. The summed E-state index contributed by atoms with van der Waals surface area (Å²) in [6.07, 6.45) is 0.951. The number of hydrogen-bond donors (Lipinski definition) is 2. The average molecular weight is 419 g/mol. The summed E-state index contributed by atoms with van der Waals surface area (Å²) in [4.78, 5) is 19.1. The van der Waals surface area contributed by atoms with E-state index in [2.05, 4.69) is 25.8 Å². The maximum absolute atomic E-state index is 12.6. The van der Waals surface area contributed by atoms with Gasteiger partial charge in [0.15, 0.2) is 5.82 Å². The maximum Gasteiger partial charge on any atom is 0.253 e. The van der Waals surface area contributed by atoms with Crippen molar-refractivity contribution in [2.24, 2.45) is 0 Å². The number of piperidine rings is 1. The van der Waals surface area contributed by atoms with Gasteiger partial charge >= 0.3 is 0 Å². The van der Waals surface area contributed by atoms with Gasteiger partial charge in [0.2, 0.25) is 5.65 Å². The number of amides is 1. The SMILES string of the molecule is CC.O=C(c1ccc(Nc2nc3ccccc3n3nnnc23)cc1)N1CCC(O)CC1. The third-order valence-corrected chi connectivity index (χ3v) is 5.17. The van der Waals surface area contributed by atoms with Crippen LogP contribution in [-0.4, -0.2) is 60.1 Å². The molecule has 2 aromatic heterocycles. The van der Waals surface area contributed by atoms with Crippen LogP contribution < -0.4 is 5.32 Å². The highest BCUT2D eigenvalue weighted by Gasteiger charge is 2.22. The first-order valence-electron chi connectivity index (χ1n) is 10.5. The number of anilines is 2. The molecule has 160 valence electrons. The number of tetrazole rings is 1. The summed E-state index contributed by atoms with van der Waals surface area (Å²) in [5.41, 5.74) is 3.52. The number of para-hydroxylation sites is 2. The Morgan fingerprint density at radius 1 is 1.06 bits per heavy atom. The van der Waals surface area contributed by atoms with Crippen molar-refractivity contribution in [1.82, 2.24) is 29.9 Å². The predicted molar refractivity (Wildman–Crippen MR) is 118 cm³/mol. The van der Waals surface area contributed by atoms with E-state index in [9.17, 15) is 9.90 Å². The molecule has 0 bridgehead atoms. The number of rotatable bonds is 3. The second kappa shape index (κ2) is 9.05. The molecule has 1 amide bonds. The standard InChI is InChI=1S/C20H19N7O2.C2H6/c28-15-9-11-26(12-10-15)20(29)13-5-7-14(8-6-13)21-18-19-23-24-25-27(19)17-4-2-1-3-16(17)22-18;1-2/h1-8,15,28H,9-12H2,(H,21,22);1-2H3. The van der Waals surface area contributed by atoms with Gasteiger partial charge in [-0.1, -0.05) is 26.0 Å². The lowest BCUT2D eigenvalue weighted by atomic mass is 10.1. The number of carbonyl (C=O) groups excluding carboxylic acids is 1. The number of carbonyl (C=O) groups is 1. The van der Waals surface area contributed by atoms with Crippen molar-refractivity contribution >= 4 is 34.1 Å². The molecule has 0 saturated carbocycles. The number of fused-ring (bicyclic) bond motifs is 3. The van der Waals surface area contributed by atoms with Crippen LogP contribution in [-0.2, 0) is 0 Å². The van der Waals surface area contributed by atoms with Crippen molar-refractivity contribution < 1.29 is 9.90 Å². The highest BCUT2D eigenvalue weighted by atomic mass is 16.3. The molecule has 9 nitrogen and oxygen atoms in total. The van der Waals surface area contributed by atoms with E-state index in [1.54, 1.807) is 21.5 Å². The van der Waals surface area contributed by atoms with E-state index < -0.39 is 0 Å². The van der Waals surface area contributed by atoms with E-state index in [0.29, 0.717) is 43.0 Å². The van der Waals surface area contributed by atoms with E-state index in [-0.39, 0.29) is 12.0 Å². The Bertz CT molecular complexity index is 1180. The smallest absolute Gasteiger partial charge is 0.253 e. The molecule has 2 N–H and O–H groups in total. The molecule has 0 atom stereocenters. The second-order valence-corrected chi connectivity index (χ2v) is 7.09. The van der Waals surface area contributed by atoms with Gasteiger partial charge in [-0.3, -0.25) is 4.79 Å². The fraction of sp³-hybridized carbons (Fsp3) is 0.318. The molecule has 3 heterocycles. The molecular formula is C22H25N7O2. The number of benzene rings is 2. The first-order valence-corrected chi connectivity index (χ1v) is 10.5. The number of aliphatic hydroxyl groups excluding tert-OH is 1. The van der Waals surface area contributed by atoms with E-state index >= 15 is 0 Å². The fourth-order valence-corrected chi connectivity index (χ4v) is 3.57. The average Bonchev–Trinajstić information content (AvgIpc) is 3.32. The molecule has 1 saturated heterocycles. The molecule has 1 fully saturated rings. The molecule has 2 aromatic carbocycles. The van der Waals surface area contributed by atoms with Crippen LogP contribution in [0, 0.1) is 0 Å². The monoisotopic (exact) mass is 419 g/mol. The quantitative estimate of drug-likeness (QED) is 0.525. The van der Waals surface area contributed by atoms with Crippen molar-refractivity contribution in [3.8, 4) is 0 Å². The summed E-state index contributed by atoms with van der Waals surface area (Å²) in [6.45, 7) is 5.16. The van der Waals surface area contributed by atoms with Gasteiger partial charge in [-0.2, -0.15) is 4.52 Å². The zero-order chi connectivity index (χ0) is 21.8. The van der Waals surface area contributed by atoms with Gasteiger partial charge in [-0.05, 0) is 59.7 Å². The Morgan fingerprint density at radius 3 is 2.52 bits per heavy atom. The predicted octanol–water partition coefficient (Wildman–Crippen LogP) is 3.04. The molecule has 0 radical (unpaired) electrons.